The lowest BCUT2D eigenvalue weighted by molar-refractivity contribution is 0.896. The van der Waals surface area contributed by atoms with Gasteiger partial charge in [0.05, 0.1) is 5.69 Å². The van der Waals surface area contributed by atoms with Crippen LogP contribution in [0.25, 0.3) is 5.65 Å². The molecule has 12 heavy (non-hydrogen) atoms. The summed E-state index contributed by atoms with van der Waals surface area (Å²) in [5.41, 5.74) is 7.51. The molecule has 0 bridgehead atoms. The summed E-state index contributed by atoms with van der Waals surface area (Å²) in [6, 6.07) is 3.68. The molecule has 4 nitrogen and oxygen atoms in total. The Hall–Kier alpha value is -1.58. The van der Waals surface area contributed by atoms with E-state index in [1.807, 2.05) is 6.07 Å². The predicted octanol–water partition coefficient (Wildman–Crippen LogP) is 0.874. The first-order chi connectivity index (χ1) is 5.81. The van der Waals surface area contributed by atoms with Crippen molar-refractivity contribution in [2.75, 3.05) is 5.73 Å². The smallest absolute Gasteiger partial charge is 0.157 e. The van der Waals surface area contributed by atoms with Crippen molar-refractivity contribution in [1.82, 2.24) is 14.6 Å². The van der Waals surface area contributed by atoms with Gasteiger partial charge in [0.15, 0.2) is 5.65 Å². The number of hydrogen-bond acceptors (Lipinski definition) is 3. The zero-order valence-corrected chi connectivity index (χ0v) is 6.86. The van der Waals surface area contributed by atoms with E-state index in [-0.39, 0.29) is 0 Å². The topological polar surface area (TPSA) is 56.2 Å². The van der Waals surface area contributed by atoms with E-state index in [1.165, 1.54) is 0 Å². The maximum atomic E-state index is 5.68. The largest absolute Gasteiger partial charge is 0.384 e. The normalized spacial score (nSPS) is 10.8. The van der Waals surface area contributed by atoms with Crippen LogP contribution < -0.4 is 5.73 Å². The second kappa shape index (κ2) is 2.48. The Morgan fingerprint density at radius 3 is 3.08 bits per heavy atom. The standard InChI is InChI=1S/C8H10N4/c1-2-6-5-8-10-4-3-7(9)12(8)11-6/h3-5H,2,9H2,1H3. The summed E-state index contributed by atoms with van der Waals surface area (Å²) in [5, 5.41) is 4.26. The SMILES string of the molecule is CCc1cc2nccc(N)n2n1. The number of nitrogens with zero attached hydrogens (tertiary/aromatic N) is 3. The molecule has 0 saturated heterocycles. The van der Waals surface area contributed by atoms with E-state index in [9.17, 15) is 0 Å². The van der Waals surface area contributed by atoms with Crippen LogP contribution in [0, 0.1) is 0 Å². The third-order valence-corrected chi connectivity index (χ3v) is 1.80. The molecule has 0 atom stereocenters. The third-order valence-electron chi connectivity index (χ3n) is 1.80. The Bertz CT molecular complexity index is 404. The van der Waals surface area contributed by atoms with Crippen molar-refractivity contribution < 1.29 is 0 Å². The fraction of sp³-hybridized carbons (Fsp3) is 0.250. The van der Waals surface area contributed by atoms with Crippen molar-refractivity contribution >= 4 is 11.5 Å². The van der Waals surface area contributed by atoms with Gasteiger partial charge in [0.1, 0.15) is 5.82 Å². The van der Waals surface area contributed by atoms with Crippen LogP contribution in [0.1, 0.15) is 12.6 Å². The summed E-state index contributed by atoms with van der Waals surface area (Å²) >= 11 is 0. The first-order valence-corrected chi connectivity index (χ1v) is 3.90. The second-order valence-electron chi connectivity index (χ2n) is 2.63. The number of anilines is 1. The average Bonchev–Trinajstić information content (AvgIpc) is 2.49. The van der Waals surface area contributed by atoms with E-state index < -0.39 is 0 Å². The van der Waals surface area contributed by atoms with Crippen molar-refractivity contribution in [3.05, 3.63) is 24.0 Å². The lowest BCUT2D eigenvalue weighted by atomic mass is 10.3. The molecule has 0 radical (unpaired) electrons. The number of nitrogen functional groups attached to an aromatic ring is 1. The molecule has 2 aromatic rings. The minimum absolute atomic E-state index is 0.625. The molecule has 0 saturated carbocycles. The van der Waals surface area contributed by atoms with Gasteiger partial charge in [-0.2, -0.15) is 9.61 Å². The Morgan fingerprint density at radius 1 is 1.58 bits per heavy atom. The van der Waals surface area contributed by atoms with Gasteiger partial charge in [-0.25, -0.2) is 4.98 Å². The van der Waals surface area contributed by atoms with E-state index in [0.717, 1.165) is 17.8 Å². The first kappa shape index (κ1) is 7.09. The Labute approximate surface area is 70.0 Å². The summed E-state index contributed by atoms with van der Waals surface area (Å²) < 4.78 is 1.65. The summed E-state index contributed by atoms with van der Waals surface area (Å²) in [4.78, 5) is 4.13. The lowest BCUT2D eigenvalue weighted by Gasteiger charge is -1.94. The highest BCUT2D eigenvalue weighted by Gasteiger charge is 2.01. The molecule has 2 rings (SSSR count). The van der Waals surface area contributed by atoms with E-state index in [1.54, 1.807) is 16.8 Å². The van der Waals surface area contributed by atoms with Gasteiger partial charge in [-0.05, 0) is 12.5 Å². The fourth-order valence-corrected chi connectivity index (χ4v) is 1.13. The average molecular weight is 162 g/mol. The monoisotopic (exact) mass is 162 g/mol. The van der Waals surface area contributed by atoms with Crippen molar-refractivity contribution in [3.8, 4) is 0 Å². The molecule has 0 aromatic carbocycles. The van der Waals surface area contributed by atoms with Crippen LogP contribution in [-0.4, -0.2) is 14.6 Å². The molecule has 0 spiro atoms. The summed E-state index contributed by atoms with van der Waals surface area (Å²) in [6.07, 6.45) is 2.59. The molecule has 2 N–H and O–H groups in total. The van der Waals surface area contributed by atoms with Crippen LogP contribution in [0.4, 0.5) is 5.82 Å². The highest BCUT2D eigenvalue weighted by atomic mass is 15.3. The number of rotatable bonds is 1. The highest BCUT2D eigenvalue weighted by Crippen LogP contribution is 2.07. The van der Waals surface area contributed by atoms with Gasteiger partial charge in [-0.3, -0.25) is 0 Å². The molecular formula is C8H10N4. The molecule has 62 valence electrons. The zero-order valence-electron chi connectivity index (χ0n) is 6.86. The fourth-order valence-electron chi connectivity index (χ4n) is 1.13. The Kier molecular flexibility index (Phi) is 1.46. The van der Waals surface area contributed by atoms with Crippen LogP contribution in [0.5, 0.6) is 0 Å². The van der Waals surface area contributed by atoms with Crippen LogP contribution in [0.3, 0.4) is 0 Å². The molecule has 2 heterocycles. The third kappa shape index (κ3) is 0.922. The van der Waals surface area contributed by atoms with Gasteiger partial charge in [-0.15, -0.1) is 0 Å². The molecular weight excluding hydrogens is 152 g/mol. The maximum absolute atomic E-state index is 5.68. The van der Waals surface area contributed by atoms with Crippen LogP contribution in [-0.2, 0) is 6.42 Å². The summed E-state index contributed by atoms with van der Waals surface area (Å²) in [5.74, 6) is 0.625. The van der Waals surface area contributed by atoms with Gasteiger partial charge in [0, 0.05) is 12.3 Å². The number of nitrogens with two attached hydrogens (primary N) is 1. The molecule has 2 aromatic heterocycles. The summed E-state index contributed by atoms with van der Waals surface area (Å²) in [6.45, 7) is 2.05. The number of aromatic nitrogens is 3. The Balaban J connectivity index is 2.74. The molecule has 4 heteroatoms. The van der Waals surface area contributed by atoms with Gasteiger partial charge in [0.25, 0.3) is 0 Å². The zero-order chi connectivity index (χ0) is 8.55. The molecule has 0 aliphatic carbocycles. The quantitative estimate of drug-likeness (QED) is 0.677. The maximum Gasteiger partial charge on any atom is 0.157 e. The molecule has 0 fully saturated rings. The van der Waals surface area contributed by atoms with Crippen molar-refractivity contribution in [2.24, 2.45) is 0 Å². The Morgan fingerprint density at radius 2 is 2.42 bits per heavy atom. The van der Waals surface area contributed by atoms with Crippen molar-refractivity contribution in [1.29, 1.82) is 0 Å². The van der Waals surface area contributed by atoms with Gasteiger partial charge in [-0.1, -0.05) is 6.92 Å². The van der Waals surface area contributed by atoms with Crippen molar-refractivity contribution in [3.63, 3.8) is 0 Å². The first-order valence-electron chi connectivity index (χ1n) is 3.90. The molecule has 0 aliphatic heterocycles. The highest BCUT2D eigenvalue weighted by molar-refractivity contribution is 5.45. The predicted molar refractivity (Wildman–Crippen MR) is 46.8 cm³/mol. The van der Waals surface area contributed by atoms with Crippen LogP contribution in [0.2, 0.25) is 0 Å². The minimum Gasteiger partial charge on any atom is -0.384 e. The number of fused-ring (bicyclic) bond motifs is 1. The van der Waals surface area contributed by atoms with E-state index >= 15 is 0 Å². The van der Waals surface area contributed by atoms with Gasteiger partial charge >= 0.3 is 0 Å². The van der Waals surface area contributed by atoms with Gasteiger partial charge < -0.3 is 5.73 Å². The molecule has 0 aliphatic rings. The number of hydrogen-bond donors (Lipinski definition) is 1. The van der Waals surface area contributed by atoms with Crippen LogP contribution in [0.15, 0.2) is 18.3 Å². The van der Waals surface area contributed by atoms with E-state index in [4.69, 9.17) is 5.73 Å². The van der Waals surface area contributed by atoms with E-state index in [0.29, 0.717) is 5.82 Å². The lowest BCUT2D eigenvalue weighted by Crippen LogP contribution is -1.98. The number of aryl methyl sites for hydroxylation is 1. The minimum atomic E-state index is 0.625. The molecule has 0 unspecified atom stereocenters. The second-order valence-corrected chi connectivity index (χ2v) is 2.63. The van der Waals surface area contributed by atoms with Crippen LogP contribution >= 0.6 is 0 Å². The van der Waals surface area contributed by atoms with Gasteiger partial charge in [0.2, 0.25) is 0 Å². The molecule has 0 amide bonds. The van der Waals surface area contributed by atoms with E-state index in [2.05, 4.69) is 17.0 Å². The van der Waals surface area contributed by atoms with Crippen molar-refractivity contribution in [2.45, 2.75) is 13.3 Å². The summed E-state index contributed by atoms with van der Waals surface area (Å²) in [7, 11) is 0.